The molecule has 1 aromatic carbocycles. The highest BCUT2D eigenvalue weighted by Crippen LogP contribution is 2.19. The number of halogens is 1. The standard InChI is InChI=1S/C13H14FN3O2S/c1-9(13-4-2-3-7-16-13)17-20(18,19)10-5-6-11(14)12(15)8-10/h2-9,17H,15H2,1H3. The molecule has 0 aliphatic heterocycles. The highest BCUT2D eigenvalue weighted by atomic mass is 32.2. The fraction of sp³-hybridized carbons (Fsp3) is 0.154. The molecule has 0 spiro atoms. The van der Waals surface area contributed by atoms with E-state index in [1.165, 1.54) is 6.07 Å². The lowest BCUT2D eigenvalue weighted by Gasteiger charge is -2.14. The maximum Gasteiger partial charge on any atom is 0.241 e. The molecule has 0 radical (unpaired) electrons. The van der Waals surface area contributed by atoms with Crippen LogP contribution in [0.5, 0.6) is 0 Å². The third kappa shape index (κ3) is 3.12. The van der Waals surface area contributed by atoms with Gasteiger partial charge in [0, 0.05) is 6.20 Å². The molecule has 2 aromatic rings. The van der Waals surface area contributed by atoms with E-state index in [2.05, 4.69) is 9.71 Å². The second kappa shape index (κ2) is 5.56. The van der Waals surface area contributed by atoms with E-state index in [1.807, 2.05) is 0 Å². The monoisotopic (exact) mass is 295 g/mol. The predicted octanol–water partition coefficient (Wildman–Crippen LogP) is 1.84. The van der Waals surface area contributed by atoms with Crippen LogP contribution in [0.15, 0.2) is 47.5 Å². The van der Waals surface area contributed by atoms with Gasteiger partial charge in [-0.15, -0.1) is 0 Å². The summed E-state index contributed by atoms with van der Waals surface area (Å²) in [4.78, 5) is 3.99. The Labute approximate surface area is 116 Å². The Hall–Kier alpha value is -1.99. The van der Waals surface area contributed by atoms with Crippen molar-refractivity contribution in [2.75, 3.05) is 5.73 Å². The predicted molar refractivity (Wildman–Crippen MR) is 73.8 cm³/mol. The molecule has 5 nitrogen and oxygen atoms in total. The lowest BCUT2D eigenvalue weighted by molar-refractivity contribution is 0.563. The van der Waals surface area contributed by atoms with Gasteiger partial charge in [-0.05, 0) is 37.3 Å². The maximum absolute atomic E-state index is 13.1. The van der Waals surface area contributed by atoms with Crippen molar-refractivity contribution in [3.8, 4) is 0 Å². The molecule has 0 fully saturated rings. The molecule has 0 bridgehead atoms. The maximum atomic E-state index is 13.1. The number of rotatable bonds is 4. The van der Waals surface area contributed by atoms with Crippen molar-refractivity contribution in [2.45, 2.75) is 17.9 Å². The molecule has 106 valence electrons. The Morgan fingerprint density at radius 1 is 1.30 bits per heavy atom. The summed E-state index contributed by atoms with van der Waals surface area (Å²) in [5.41, 5.74) is 5.76. The molecule has 7 heteroatoms. The summed E-state index contributed by atoms with van der Waals surface area (Å²) in [6.45, 7) is 1.67. The Morgan fingerprint density at radius 2 is 2.05 bits per heavy atom. The molecule has 1 unspecified atom stereocenters. The van der Waals surface area contributed by atoms with Crippen LogP contribution >= 0.6 is 0 Å². The smallest absolute Gasteiger partial charge is 0.241 e. The van der Waals surface area contributed by atoms with Gasteiger partial charge in [0.25, 0.3) is 0 Å². The number of hydrogen-bond donors (Lipinski definition) is 2. The molecule has 1 aromatic heterocycles. The van der Waals surface area contributed by atoms with Crippen LogP contribution in [0.4, 0.5) is 10.1 Å². The van der Waals surface area contributed by atoms with Crippen molar-refractivity contribution >= 4 is 15.7 Å². The van der Waals surface area contributed by atoms with E-state index in [4.69, 9.17) is 5.73 Å². The van der Waals surface area contributed by atoms with Crippen molar-refractivity contribution in [1.29, 1.82) is 0 Å². The van der Waals surface area contributed by atoms with Gasteiger partial charge in [-0.3, -0.25) is 4.98 Å². The summed E-state index contributed by atoms with van der Waals surface area (Å²) in [6, 6.07) is 7.99. The number of nitrogen functional groups attached to an aromatic ring is 1. The van der Waals surface area contributed by atoms with Crippen molar-refractivity contribution in [3.05, 3.63) is 54.1 Å². The first kappa shape index (κ1) is 14.4. The molecular formula is C13H14FN3O2S. The zero-order valence-electron chi connectivity index (χ0n) is 10.7. The van der Waals surface area contributed by atoms with Gasteiger partial charge >= 0.3 is 0 Å². The van der Waals surface area contributed by atoms with E-state index < -0.39 is 21.9 Å². The van der Waals surface area contributed by atoms with Crippen LogP contribution in [0.25, 0.3) is 0 Å². The molecule has 20 heavy (non-hydrogen) atoms. The van der Waals surface area contributed by atoms with E-state index in [0.29, 0.717) is 5.69 Å². The van der Waals surface area contributed by atoms with Gasteiger partial charge in [0.2, 0.25) is 10.0 Å². The number of benzene rings is 1. The molecule has 3 N–H and O–H groups in total. The SMILES string of the molecule is CC(NS(=O)(=O)c1ccc(F)c(N)c1)c1ccccn1. The molecule has 0 aliphatic carbocycles. The Bertz CT molecular complexity index is 705. The van der Waals surface area contributed by atoms with Crippen molar-refractivity contribution in [1.82, 2.24) is 9.71 Å². The highest BCUT2D eigenvalue weighted by Gasteiger charge is 2.19. The van der Waals surface area contributed by atoms with Gasteiger partial charge < -0.3 is 5.73 Å². The fourth-order valence-corrected chi connectivity index (χ4v) is 2.93. The molecule has 1 atom stereocenters. The second-order valence-electron chi connectivity index (χ2n) is 4.28. The van der Waals surface area contributed by atoms with E-state index in [1.54, 1.807) is 31.3 Å². The number of anilines is 1. The summed E-state index contributed by atoms with van der Waals surface area (Å²) in [6.07, 6.45) is 1.58. The Morgan fingerprint density at radius 3 is 2.65 bits per heavy atom. The summed E-state index contributed by atoms with van der Waals surface area (Å²) in [7, 11) is -3.78. The summed E-state index contributed by atoms with van der Waals surface area (Å²) in [5, 5.41) is 0. The van der Waals surface area contributed by atoms with E-state index in [9.17, 15) is 12.8 Å². The quantitative estimate of drug-likeness (QED) is 0.843. The zero-order chi connectivity index (χ0) is 14.8. The first-order valence-electron chi connectivity index (χ1n) is 5.88. The van der Waals surface area contributed by atoms with Crippen molar-refractivity contribution in [2.24, 2.45) is 0 Å². The Kier molecular flexibility index (Phi) is 4.01. The van der Waals surface area contributed by atoms with E-state index in [0.717, 1.165) is 12.1 Å². The molecule has 0 amide bonds. The number of aromatic nitrogens is 1. The summed E-state index contributed by atoms with van der Waals surface area (Å²) < 4.78 is 39.9. The van der Waals surface area contributed by atoms with Gasteiger partial charge in [-0.2, -0.15) is 0 Å². The summed E-state index contributed by atoms with van der Waals surface area (Å²) >= 11 is 0. The average molecular weight is 295 g/mol. The molecule has 0 saturated carbocycles. The largest absolute Gasteiger partial charge is 0.396 e. The molecule has 0 aliphatic rings. The molecular weight excluding hydrogens is 281 g/mol. The van der Waals surface area contributed by atoms with Crippen LogP contribution in [-0.4, -0.2) is 13.4 Å². The number of pyridine rings is 1. The molecule has 2 rings (SSSR count). The number of hydrogen-bond acceptors (Lipinski definition) is 4. The first-order chi connectivity index (χ1) is 9.40. The number of nitrogens with two attached hydrogens (primary N) is 1. The van der Waals surface area contributed by atoms with Crippen LogP contribution in [0.3, 0.4) is 0 Å². The lowest BCUT2D eigenvalue weighted by Crippen LogP contribution is -2.27. The van der Waals surface area contributed by atoms with Crippen LogP contribution < -0.4 is 10.5 Å². The fourth-order valence-electron chi connectivity index (χ4n) is 1.68. The third-order valence-electron chi connectivity index (χ3n) is 2.74. The number of nitrogens with zero attached hydrogens (tertiary/aromatic N) is 1. The van der Waals surface area contributed by atoms with Gasteiger partial charge in [0.1, 0.15) is 5.82 Å². The topological polar surface area (TPSA) is 85.1 Å². The van der Waals surface area contributed by atoms with Crippen molar-refractivity contribution in [3.63, 3.8) is 0 Å². The molecule has 1 heterocycles. The van der Waals surface area contributed by atoms with E-state index >= 15 is 0 Å². The van der Waals surface area contributed by atoms with Gasteiger partial charge in [-0.1, -0.05) is 6.07 Å². The Balaban J connectivity index is 2.25. The van der Waals surface area contributed by atoms with Gasteiger partial charge in [-0.25, -0.2) is 17.5 Å². The zero-order valence-corrected chi connectivity index (χ0v) is 11.6. The van der Waals surface area contributed by atoms with E-state index in [-0.39, 0.29) is 10.6 Å². The van der Waals surface area contributed by atoms with Gasteiger partial charge in [0.15, 0.2) is 0 Å². The highest BCUT2D eigenvalue weighted by molar-refractivity contribution is 7.89. The summed E-state index contributed by atoms with van der Waals surface area (Å²) in [5.74, 6) is -0.651. The minimum Gasteiger partial charge on any atom is -0.396 e. The average Bonchev–Trinajstić information content (AvgIpc) is 2.42. The number of nitrogens with one attached hydrogen (secondary N) is 1. The van der Waals surface area contributed by atoms with Crippen LogP contribution in [0.2, 0.25) is 0 Å². The molecule has 0 saturated heterocycles. The second-order valence-corrected chi connectivity index (χ2v) is 5.99. The number of sulfonamides is 1. The lowest BCUT2D eigenvalue weighted by atomic mass is 10.2. The first-order valence-corrected chi connectivity index (χ1v) is 7.37. The van der Waals surface area contributed by atoms with Crippen LogP contribution in [0.1, 0.15) is 18.7 Å². The van der Waals surface area contributed by atoms with Crippen LogP contribution in [0, 0.1) is 5.82 Å². The normalized spacial score (nSPS) is 13.1. The van der Waals surface area contributed by atoms with Crippen molar-refractivity contribution < 1.29 is 12.8 Å². The minimum absolute atomic E-state index is 0.0841. The minimum atomic E-state index is -3.78. The third-order valence-corrected chi connectivity index (χ3v) is 4.28. The van der Waals surface area contributed by atoms with Gasteiger partial charge in [0.05, 0.1) is 22.3 Å². The van der Waals surface area contributed by atoms with Crippen LogP contribution in [-0.2, 0) is 10.0 Å².